The molecule has 0 radical (unpaired) electrons. The van der Waals surface area contributed by atoms with Crippen LogP contribution in [0.5, 0.6) is 0 Å². The summed E-state index contributed by atoms with van der Waals surface area (Å²) in [6, 6.07) is 59.4. The maximum atomic E-state index is 3.75. The number of rotatable bonds is 6. The molecule has 0 atom stereocenters. The first-order valence-corrected chi connectivity index (χ1v) is 17.3. The lowest BCUT2D eigenvalue weighted by atomic mass is 9.82. The average molecular weight is 635 g/mol. The van der Waals surface area contributed by atoms with Crippen molar-refractivity contribution in [3.63, 3.8) is 0 Å². The van der Waals surface area contributed by atoms with Crippen LogP contribution in [0.25, 0.3) is 42.4 Å². The summed E-state index contributed by atoms with van der Waals surface area (Å²) in [7, 11) is 0. The molecule has 1 aliphatic carbocycles. The highest BCUT2D eigenvalue weighted by Gasteiger charge is 2.35. The van der Waals surface area contributed by atoms with E-state index in [-0.39, 0.29) is 5.41 Å². The first-order valence-electron chi connectivity index (χ1n) is 16.5. The Bertz CT molecular complexity index is 2460. The van der Waals surface area contributed by atoms with Crippen LogP contribution in [0.4, 0.5) is 28.4 Å². The van der Waals surface area contributed by atoms with Crippen molar-refractivity contribution in [1.82, 2.24) is 0 Å². The van der Waals surface area contributed by atoms with Crippen molar-refractivity contribution in [2.75, 3.05) is 10.2 Å². The van der Waals surface area contributed by atoms with Crippen molar-refractivity contribution in [1.29, 1.82) is 0 Å². The van der Waals surface area contributed by atoms with Gasteiger partial charge in [-0.1, -0.05) is 105 Å². The van der Waals surface area contributed by atoms with E-state index in [1.807, 2.05) is 11.3 Å². The molecule has 1 aliphatic rings. The number of hydrogen-bond donors (Lipinski definition) is 1. The minimum absolute atomic E-state index is 0.0290. The second-order valence-electron chi connectivity index (χ2n) is 13.1. The maximum absolute atomic E-state index is 3.75. The number of benzene rings is 7. The predicted molar refractivity (Wildman–Crippen MR) is 207 cm³/mol. The molecule has 0 saturated carbocycles. The largest absolute Gasteiger partial charge is 0.355 e. The molecule has 0 aliphatic heterocycles. The Morgan fingerprint density at radius 2 is 1.06 bits per heavy atom. The van der Waals surface area contributed by atoms with Gasteiger partial charge in [0.05, 0.1) is 0 Å². The quantitative estimate of drug-likeness (QED) is 0.196. The van der Waals surface area contributed by atoms with Crippen LogP contribution in [0.15, 0.2) is 164 Å². The second kappa shape index (κ2) is 11.3. The van der Waals surface area contributed by atoms with Crippen LogP contribution in [0.1, 0.15) is 25.0 Å². The zero-order valence-electron chi connectivity index (χ0n) is 26.9. The molecule has 230 valence electrons. The van der Waals surface area contributed by atoms with Gasteiger partial charge >= 0.3 is 0 Å². The molecular formula is C45H34N2S. The second-order valence-corrected chi connectivity index (χ2v) is 14.2. The fourth-order valence-corrected chi connectivity index (χ4v) is 8.48. The van der Waals surface area contributed by atoms with Crippen LogP contribution >= 0.6 is 11.3 Å². The summed E-state index contributed by atoms with van der Waals surface area (Å²) in [5, 5.41) is 6.28. The number of hydrogen-bond acceptors (Lipinski definition) is 3. The van der Waals surface area contributed by atoms with Gasteiger partial charge in [0.25, 0.3) is 0 Å². The van der Waals surface area contributed by atoms with E-state index in [1.54, 1.807) is 0 Å². The highest BCUT2D eigenvalue weighted by atomic mass is 32.1. The molecular weight excluding hydrogens is 601 g/mol. The highest BCUT2D eigenvalue weighted by molar-refractivity contribution is 7.25. The van der Waals surface area contributed by atoms with Crippen LogP contribution in [0, 0.1) is 0 Å². The van der Waals surface area contributed by atoms with Crippen molar-refractivity contribution in [2.45, 2.75) is 19.3 Å². The number of thiophene rings is 1. The van der Waals surface area contributed by atoms with Gasteiger partial charge in [-0.2, -0.15) is 0 Å². The van der Waals surface area contributed by atoms with E-state index in [0.29, 0.717) is 0 Å². The molecule has 7 aromatic carbocycles. The van der Waals surface area contributed by atoms with Gasteiger partial charge in [0.2, 0.25) is 0 Å². The van der Waals surface area contributed by atoms with E-state index < -0.39 is 0 Å². The SMILES string of the molecule is CC1(C)c2ccccc2-c2ccc(Nc3ccc4sc5ccc(N(c6ccccc6)c6cccc(-c7ccccc7)c6)cc5c4c3)cc21. The average Bonchev–Trinajstić information content (AvgIpc) is 3.60. The smallest absolute Gasteiger partial charge is 0.0468 e. The number of para-hydroxylation sites is 1. The summed E-state index contributed by atoms with van der Waals surface area (Å²) >= 11 is 1.85. The molecule has 0 amide bonds. The Hall–Kier alpha value is -5.64. The molecule has 0 fully saturated rings. The van der Waals surface area contributed by atoms with Crippen LogP contribution in [0.2, 0.25) is 0 Å². The fraction of sp³-hybridized carbons (Fsp3) is 0.0667. The number of nitrogens with zero attached hydrogens (tertiary/aromatic N) is 1. The van der Waals surface area contributed by atoms with Gasteiger partial charge in [-0.15, -0.1) is 11.3 Å². The van der Waals surface area contributed by atoms with E-state index in [1.165, 1.54) is 53.6 Å². The Labute approximate surface area is 285 Å². The Morgan fingerprint density at radius 3 is 1.90 bits per heavy atom. The Kier molecular flexibility index (Phi) is 6.70. The summed E-state index contributed by atoms with van der Waals surface area (Å²) in [5.74, 6) is 0. The third-order valence-corrected chi connectivity index (χ3v) is 11.0. The van der Waals surface area contributed by atoms with Crippen LogP contribution in [-0.4, -0.2) is 0 Å². The van der Waals surface area contributed by atoms with Gasteiger partial charge in [0, 0.05) is 54.0 Å². The third-order valence-electron chi connectivity index (χ3n) is 9.81. The lowest BCUT2D eigenvalue weighted by molar-refractivity contribution is 0.660. The van der Waals surface area contributed by atoms with Gasteiger partial charge in [0.15, 0.2) is 0 Å². The van der Waals surface area contributed by atoms with E-state index in [4.69, 9.17) is 0 Å². The monoisotopic (exact) mass is 634 g/mol. The van der Waals surface area contributed by atoms with Crippen molar-refractivity contribution >= 4 is 59.9 Å². The summed E-state index contributed by atoms with van der Waals surface area (Å²) < 4.78 is 2.57. The number of fused-ring (bicyclic) bond motifs is 6. The molecule has 48 heavy (non-hydrogen) atoms. The first-order chi connectivity index (χ1) is 23.5. The van der Waals surface area contributed by atoms with Crippen LogP contribution in [0.3, 0.4) is 0 Å². The van der Waals surface area contributed by atoms with Gasteiger partial charge in [-0.3, -0.25) is 0 Å². The minimum atomic E-state index is -0.0290. The highest BCUT2D eigenvalue weighted by Crippen LogP contribution is 2.49. The van der Waals surface area contributed by atoms with E-state index >= 15 is 0 Å². The Balaban J connectivity index is 1.11. The van der Waals surface area contributed by atoms with Gasteiger partial charge in [0.1, 0.15) is 0 Å². The lowest BCUT2D eigenvalue weighted by Crippen LogP contribution is -2.15. The number of anilines is 5. The molecule has 8 aromatic rings. The van der Waals surface area contributed by atoms with Crippen LogP contribution in [-0.2, 0) is 5.41 Å². The molecule has 0 spiro atoms. The fourth-order valence-electron chi connectivity index (χ4n) is 7.41. The zero-order chi connectivity index (χ0) is 32.2. The van der Waals surface area contributed by atoms with E-state index in [2.05, 4.69) is 188 Å². The maximum Gasteiger partial charge on any atom is 0.0468 e. The predicted octanol–water partition coefficient (Wildman–Crippen LogP) is 13.2. The number of nitrogens with one attached hydrogen (secondary N) is 1. The normalized spacial score (nSPS) is 13.0. The standard InChI is InChI=1S/C45H34N2S/c1-45(2)41-19-10-9-18-37(41)38-23-20-33(28-42(38)45)46-32-21-24-43-39(27-32)40-29-36(22-25-44(40)48-43)47(34-15-7-4-8-16-34)35-17-11-14-31(26-35)30-12-5-3-6-13-30/h3-29,46H,1-2H3. The topological polar surface area (TPSA) is 15.3 Å². The summed E-state index contributed by atoms with van der Waals surface area (Å²) in [4.78, 5) is 2.36. The molecule has 3 heteroatoms. The van der Waals surface area contributed by atoms with E-state index in [9.17, 15) is 0 Å². The van der Waals surface area contributed by atoms with Crippen molar-refractivity contribution in [2.24, 2.45) is 0 Å². The summed E-state index contributed by atoms with van der Waals surface area (Å²) in [5.41, 5.74) is 13.4. The third kappa shape index (κ3) is 4.78. The van der Waals surface area contributed by atoms with Crippen molar-refractivity contribution in [3.8, 4) is 22.3 Å². The van der Waals surface area contributed by atoms with Gasteiger partial charge in [-0.05, 0) is 106 Å². The molecule has 9 rings (SSSR count). The van der Waals surface area contributed by atoms with E-state index in [0.717, 1.165) is 28.4 Å². The molecule has 0 unspecified atom stereocenters. The molecule has 1 N–H and O–H groups in total. The first kappa shape index (κ1) is 28.6. The molecule has 0 bridgehead atoms. The minimum Gasteiger partial charge on any atom is -0.355 e. The molecule has 1 aromatic heterocycles. The van der Waals surface area contributed by atoms with Crippen molar-refractivity contribution < 1.29 is 0 Å². The molecule has 0 saturated heterocycles. The molecule has 1 heterocycles. The summed E-state index contributed by atoms with van der Waals surface area (Å²) in [6.07, 6.45) is 0. The van der Waals surface area contributed by atoms with Crippen molar-refractivity contribution in [3.05, 3.63) is 175 Å². The Morgan fingerprint density at radius 1 is 0.458 bits per heavy atom. The van der Waals surface area contributed by atoms with Crippen LogP contribution < -0.4 is 10.2 Å². The van der Waals surface area contributed by atoms with Gasteiger partial charge < -0.3 is 10.2 Å². The lowest BCUT2D eigenvalue weighted by Gasteiger charge is -2.26. The van der Waals surface area contributed by atoms with Gasteiger partial charge in [-0.25, -0.2) is 0 Å². The molecule has 2 nitrogen and oxygen atoms in total. The zero-order valence-corrected chi connectivity index (χ0v) is 27.8. The summed E-state index contributed by atoms with van der Waals surface area (Å²) in [6.45, 7) is 4.67.